The molecule has 0 spiro atoms. The molecule has 0 radical (unpaired) electrons. The van der Waals surface area contributed by atoms with E-state index in [9.17, 15) is 0 Å². The summed E-state index contributed by atoms with van der Waals surface area (Å²) in [6.07, 6.45) is 0. The van der Waals surface area contributed by atoms with E-state index < -0.39 is 0 Å². The lowest BCUT2D eigenvalue weighted by Gasteiger charge is -2.20. The molecule has 1 aromatic heterocycles. The largest absolute Gasteiger partial charge is 0.377 e. The Kier molecular flexibility index (Phi) is 5.11. The van der Waals surface area contributed by atoms with Gasteiger partial charge in [-0.25, -0.2) is 9.97 Å². The molecule has 1 aromatic carbocycles. The second-order valence-electron chi connectivity index (χ2n) is 4.99. The maximum atomic E-state index is 5.13. The average molecular weight is 286 g/mol. The molecule has 5 nitrogen and oxygen atoms in total. The average Bonchev–Trinajstić information content (AvgIpc) is 2.49. The lowest BCUT2D eigenvalue weighted by atomic mass is 10.1. The van der Waals surface area contributed by atoms with Crippen molar-refractivity contribution in [2.75, 3.05) is 31.4 Å². The van der Waals surface area contributed by atoms with Gasteiger partial charge in [0, 0.05) is 33.8 Å². The van der Waals surface area contributed by atoms with Crippen LogP contribution < -0.4 is 10.2 Å². The number of rotatable bonds is 6. The molecule has 0 saturated heterocycles. The Hall–Kier alpha value is -2.14. The third kappa shape index (κ3) is 3.92. The van der Waals surface area contributed by atoms with Crippen molar-refractivity contribution >= 4 is 11.6 Å². The fourth-order valence-electron chi connectivity index (χ4n) is 2.12. The third-order valence-corrected chi connectivity index (χ3v) is 3.35. The van der Waals surface area contributed by atoms with Crippen molar-refractivity contribution in [3.63, 3.8) is 0 Å². The number of methoxy groups -OCH3 is 1. The fourth-order valence-corrected chi connectivity index (χ4v) is 2.12. The maximum absolute atomic E-state index is 5.13. The Morgan fingerprint density at radius 3 is 2.67 bits per heavy atom. The van der Waals surface area contributed by atoms with E-state index in [-0.39, 0.29) is 0 Å². The van der Waals surface area contributed by atoms with Crippen LogP contribution in [0.3, 0.4) is 0 Å². The van der Waals surface area contributed by atoms with Gasteiger partial charge in [0.2, 0.25) is 0 Å². The van der Waals surface area contributed by atoms with E-state index >= 15 is 0 Å². The molecular weight excluding hydrogens is 264 g/mol. The van der Waals surface area contributed by atoms with Gasteiger partial charge in [-0.3, -0.25) is 0 Å². The van der Waals surface area contributed by atoms with Crippen LogP contribution in [0.5, 0.6) is 0 Å². The van der Waals surface area contributed by atoms with Gasteiger partial charge in [0.15, 0.2) is 5.82 Å². The van der Waals surface area contributed by atoms with Gasteiger partial charge in [0.05, 0.1) is 0 Å². The number of benzene rings is 1. The molecule has 0 bridgehead atoms. The normalized spacial score (nSPS) is 10.5. The molecule has 112 valence electrons. The minimum Gasteiger partial charge on any atom is -0.377 e. The number of hydrogen-bond donors (Lipinski definition) is 1. The zero-order chi connectivity index (χ0) is 15.2. The number of nitrogens with one attached hydrogen (secondary N) is 1. The SMILES string of the molecule is CNc1cc(N(C)Cc2ccccc2C)nc(COC)n1. The van der Waals surface area contributed by atoms with Gasteiger partial charge in [-0.2, -0.15) is 0 Å². The predicted octanol–water partition coefficient (Wildman–Crippen LogP) is 2.61. The monoisotopic (exact) mass is 286 g/mol. The zero-order valence-corrected chi connectivity index (χ0v) is 13.1. The van der Waals surface area contributed by atoms with Crippen molar-refractivity contribution in [2.45, 2.75) is 20.1 Å². The third-order valence-electron chi connectivity index (χ3n) is 3.35. The van der Waals surface area contributed by atoms with Crippen LogP contribution in [-0.2, 0) is 17.9 Å². The van der Waals surface area contributed by atoms with E-state index in [0.717, 1.165) is 18.2 Å². The van der Waals surface area contributed by atoms with Crippen molar-refractivity contribution in [3.8, 4) is 0 Å². The molecule has 0 amide bonds. The van der Waals surface area contributed by atoms with Gasteiger partial charge >= 0.3 is 0 Å². The molecule has 0 aliphatic rings. The first kappa shape index (κ1) is 15.3. The fraction of sp³-hybridized carbons (Fsp3) is 0.375. The summed E-state index contributed by atoms with van der Waals surface area (Å²) in [5, 5.41) is 3.06. The van der Waals surface area contributed by atoms with Gasteiger partial charge in [-0.05, 0) is 18.1 Å². The van der Waals surface area contributed by atoms with Crippen LogP contribution in [0.15, 0.2) is 30.3 Å². The van der Waals surface area contributed by atoms with E-state index in [2.05, 4.69) is 51.4 Å². The van der Waals surface area contributed by atoms with Crippen LogP contribution in [0.4, 0.5) is 11.6 Å². The highest BCUT2D eigenvalue weighted by molar-refractivity contribution is 5.49. The molecule has 0 aliphatic carbocycles. The molecule has 1 N–H and O–H groups in total. The topological polar surface area (TPSA) is 50.3 Å². The second-order valence-corrected chi connectivity index (χ2v) is 4.99. The second kappa shape index (κ2) is 7.04. The summed E-state index contributed by atoms with van der Waals surface area (Å²) in [5.74, 6) is 2.35. The smallest absolute Gasteiger partial charge is 0.158 e. The Morgan fingerprint density at radius 2 is 2.00 bits per heavy atom. The molecule has 0 atom stereocenters. The zero-order valence-electron chi connectivity index (χ0n) is 13.1. The van der Waals surface area contributed by atoms with E-state index in [0.29, 0.717) is 12.4 Å². The van der Waals surface area contributed by atoms with E-state index in [1.54, 1.807) is 7.11 Å². The Balaban J connectivity index is 2.23. The number of aromatic nitrogens is 2. The summed E-state index contributed by atoms with van der Waals surface area (Å²) < 4.78 is 5.13. The molecule has 1 heterocycles. The van der Waals surface area contributed by atoms with Crippen LogP contribution in [-0.4, -0.2) is 31.2 Å². The molecule has 0 saturated carbocycles. The summed E-state index contributed by atoms with van der Waals surface area (Å²) >= 11 is 0. The minimum absolute atomic E-state index is 0.403. The molecule has 0 unspecified atom stereocenters. The Bertz CT molecular complexity index is 601. The van der Waals surface area contributed by atoms with E-state index in [1.807, 2.05) is 20.2 Å². The minimum atomic E-state index is 0.403. The van der Waals surface area contributed by atoms with Gasteiger partial charge in [-0.15, -0.1) is 0 Å². The van der Waals surface area contributed by atoms with Crippen LogP contribution in [0.25, 0.3) is 0 Å². The molecule has 2 rings (SSSR count). The summed E-state index contributed by atoms with van der Waals surface area (Å²) in [5.41, 5.74) is 2.57. The summed E-state index contributed by atoms with van der Waals surface area (Å²) in [6, 6.07) is 10.3. The molecule has 2 aromatic rings. The van der Waals surface area contributed by atoms with Crippen LogP contribution in [0.2, 0.25) is 0 Å². The van der Waals surface area contributed by atoms with Gasteiger partial charge in [-0.1, -0.05) is 24.3 Å². The number of aryl methyl sites for hydroxylation is 1. The van der Waals surface area contributed by atoms with Crippen LogP contribution in [0, 0.1) is 6.92 Å². The van der Waals surface area contributed by atoms with Crippen molar-refractivity contribution in [2.24, 2.45) is 0 Å². The maximum Gasteiger partial charge on any atom is 0.158 e. The standard InChI is InChI=1S/C16H22N4O/c1-12-7-5-6-8-13(12)10-20(3)16-9-14(17-2)18-15(19-16)11-21-4/h5-9H,10-11H2,1-4H3,(H,17,18,19). The number of ether oxygens (including phenoxy) is 1. The van der Waals surface area contributed by atoms with Gasteiger partial charge in [0.1, 0.15) is 18.2 Å². The predicted molar refractivity (Wildman–Crippen MR) is 85.6 cm³/mol. The first-order valence-electron chi connectivity index (χ1n) is 6.94. The van der Waals surface area contributed by atoms with E-state index in [1.165, 1.54) is 11.1 Å². The van der Waals surface area contributed by atoms with Crippen molar-refractivity contribution < 1.29 is 4.74 Å². The molecular formula is C16H22N4O. The quantitative estimate of drug-likeness (QED) is 0.884. The lowest BCUT2D eigenvalue weighted by Crippen LogP contribution is -2.19. The molecule has 0 fully saturated rings. The first-order chi connectivity index (χ1) is 10.1. The molecule has 21 heavy (non-hydrogen) atoms. The highest BCUT2D eigenvalue weighted by Gasteiger charge is 2.09. The van der Waals surface area contributed by atoms with Crippen molar-refractivity contribution in [3.05, 3.63) is 47.3 Å². The number of hydrogen-bond acceptors (Lipinski definition) is 5. The van der Waals surface area contributed by atoms with Crippen LogP contribution in [0.1, 0.15) is 17.0 Å². The molecule has 0 aliphatic heterocycles. The van der Waals surface area contributed by atoms with Crippen molar-refractivity contribution in [1.29, 1.82) is 0 Å². The Labute approximate surface area is 126 Å². The number of anilines is 2. The van der Waals surface area contributed by atoms with Gasteiger partial charge in [0.25, 0.3) is 0 Å². The molecule has 5 heteroatoms. The van der Waals surface area contributed by atoms with Crippen molar-refractivity contribution in [1.82, 2.24) is 9.97 Å². The number of nitrogens with zero attached hydrogens (tertiary/aromatic N) is 3. The Morgan fingerprint density at radius 1 is 1.24 bits per heavy atom. The summed E-state index contributed by atoms with van der Waals surface area (Å²) in [4.78, 5) is 11.0. The van der Waals surface area contributed by atoms with E-state index in [4.69, 9.17) is 4.74 Å². The van der Waals surface area contributed by atoms with Crippen LogP contribution >= 0.6 is 0 Å². The lowest BCUT2D eigenvalue weighted by molar-refractivity contribution is 0.178. The summed E-state index contributed by atoms with van der Waals surface area (Å²) in [6.45, 7) is 3.33. The highest BCUT2D eigenvalue weighted by atomic mass is 16.5. The first-order valence-corrected chi connectivity index (χ1v) is 6.94. The van der Waals surface area contributed by atoms with Gasteiger partial charge < -0.3 is 15.0 Å². The highest BCUT2D eigenvalue weighted by Crippen LogP contribution is 2.18. The summed E-state index contributed by atoms with van der Waals surface area (Å²) in [7, 11) is 5.53.